The van der Waals surface area contributed by atoms with Crippen molar-refractivity contribution in [1.29, 1.82) is 0 Å². The van der Waals surface area contributed by atoms with Gasteiger partial charge in [0.25, 0.3) is 0 Å². The van der Waals surface area contributed by atoms with Crippen molar-refractivity contribution < 1.29 is 19.1 Å². The summed E-state index contributed by atoms with van der Waals surface area (Å²) in [4.78, 5) is 24.5. The molecule has 0 aliphatic carbocycles. The Morgan fingerprint density at radius 2 is 0.968 bits per heavy atom. The summed E-state index contributed by atoms with van der Waals surface area (Å²) in [5.74, 6) is -0.843. The first-order valence-corrected chi connectivity index (χ1v) is 13.5. The van der Waals surface area contributed by atoms with Gasteiger partial charge in [0.05, 0.1) is 25.6 Å². The van der Waals surface area contributed by atoms with Crippen molar-refractivity contribution in [2.45, 2.75) is 143 Å². The van der Waals surface area contributed by atoms with Gasteiger partial charge in [0, 0.05) is 0 Å². The van der Waals surface area contributed by atoms with Crippen LogP contribution in [0.5, 0.6) is 0 Å². The van der Waals surface area contributed by atoms with Crippen molar-refractivity contribution >= 4 is 11.9 Å². The van der Waals surface area contributed by atoms with Crippen molar-refractivity contribution in [3.05, 3.63) is 0 Å². The van der Waals surface area contributed by atoms with Gasteiger partial charge in [-0.05, 0) is 19.3 Å². The lowest BCUT2D eigenvalue weighted by atomic mass is 10.00. The standard InChI is InChI=1S/C27H52O4/c1-4-7-9-11-13-15-17-19-22-30-26(28)24-25(21-6-3)27(29)31-23-20-18-16-14-12-10-8-5-2/h25H,4-24H2,1-3H3. The van der Waals surface area contributed by atoms with E-state index >= 15 is 0 Å². The molecule has 0 aromatic rings. The van der Waals surface area contributed by atoms with Crippen LogP contribution in [0.1, 0.15) is 143 Å². The Bertz CT molecular complexity index is 408. The third-order valence-corrected chi connectivity index (χ3v) is 5.89. The van der Waals surface area contributed by atoms with Gasteiger partial charge < -0.3 is 9.47 Å². The van der Waals surface area contributed by atoms with Crippen LogP contribution in [0.2, 0.25) is 0 Å². The molecule has 4 nitrogen and oxygen atoms in total. The number of hydrogen-bond acceptors (Lipinski definition) is 4. The number of esters is 2. The Labute approximate surface area is 193 Å². The van der Waals surface area contributed by atoms with E-state index in [0.717, 1.165) is 32.1 Å². The van der Waals surface area contributed by atoms with Crippen molar-refractivity contribution in [3.63, 3.8) is 0 Å². The molecule has 1 unspecified atom stereocenters. The molecule has 0 saturated carbocycles. The Hall–Kier alpha value is -1.06. The summed E-state index contributed by atoms with van der Waals surface area (Å²) >= 11 is 0. The fourth-order valence-electron chi connectivity index (χ4n) is 3.86. The van der Waals surface area contributed by atoms with Gasteiger partial charge in [0.15, 0.2) is 0 Å². The predicted molar refractivity (Wildman–Crippen MR) is 130 cm³/mol. The van der Waals surface area contributed by atoms with Crippen LogP contribution in [-0.2, 0) is 19.1 Å². The normalized spacial score (nSPS) is 12.0. The zero-order valence-electron chi connectivity index (χ0n) is 21.1. The molecule has 0 rings (SSSR count). The van der Waals surface area contributed by atoms with E-state index < -0.39 is 0 Å². The third kappa shape index (κ3) is 20.6. The second-order valence-electron chi connectivity index (χ2n) is 9.03. The zero-order chi connectivity index (χ0) is 23.0. The quantitative estimate of drug-likeness (QED) is 0.119. The summed E-state index contributed by atoms with van der Waals surface area (Å²) in [5, 5.41) is 0. The molecule has 0 amide bonds. The fourth-order valence-corrected chi connectivity index (χ4v) is 3.86. The molecule has 0 aliphatic heterocycles. The molecular weight excluding hydrogens is 388 g/mol. The van der Waals surface area contributed by atoms with E-state index in [-0.39, 0.29) is 24.3 Å². The second-order valence-corrected chi connectivity index (χ2v) is 9.03. The molecule has 0 N–H and O–H groups in total. The summed E-state index contributed by atoms with van der Waals surface area (Å²) < 4.78 is 10.8. The van der Waals surface area contributed by atoms with E-state index in [4.69, 9.17) is 9.47 Å². The van der Waals surface area contributed by atoms with Gasteiger partial charge >= 0.3 is 11.9 Å². The minimum Gasteiger partial charge on any atom is -0.466 e. The summed E-state index contributed by atoms with van der Waals surface area (Å²) in [6.07, 6.45) is 21.2. The summed E-state index contributed by atoms with van der Waals surface area (Å²) in [6, 6.07) is 0. The average molecular weight is 441 g/mol. The lowest BCUT2D eigenvalue weighted by Gasteiger charge is -2.15. The monoisotopic (exact) mass is 440 g/mol. The van der Waals surface area contributed by atoms with Crippen LogP contribution in [0.15, 0.2) is 0 Å². The molecule has 4 heteroatoms. The van der Waals surface area contributed by atoms with Crippen LogP contribution in [0.3, 0.4) is 0 Å². The topological polar surface area (TPSA) is 52.6 Å². The van der Waals surface area contributed by atoms with Crippen molar-refractivity contribution in [2.24, 2.45) is 5.92 Å². The van der Waals surface area contributed by atoms with Crippen molar-refractivity contribution in [3.8, 4) is 0 Å². The molecule has 0 radical (unpaired) electrons. The minimum absolute atomic E-state index is 0.154. The van der Waals surface area contributed by atoms with Crippen LogP contribution in [0.25, 0.3) is 0 Å². The van der Waals surface area contributed by atoms with Crippen LogP contribution in [-0.4, -0.2) is 25.2 Å². The highest BCUT2D eigenvalue weighted by Crippen LogP contribution is 2.16. The molecule has 1 atom stereocenters. The number of rotatable bonds is 23. The molecule has 0 fully saturated rings. The summed E-state index contributed by atoms with van der Waals surface area (Å²) in [6.45, 7) is 7.44. The number of hydrogen-bond donors (Lipinski definition) is 0. The molecule has 0 heterocycles. The SMILES string of the molecule is CCCCCCCCCCOC(=O)CC(CCC)C(=O)OCCCCCCCCCC. The van der Waals surface area contributed by atoms with E-state index in [2.05, 4.69) is 13.8 Å². The molecule has 0 bridgehead atoms. The third-order valence-electron chi connectivity index (χ3n) is 5.89. The van der Waals surface area contributed by atoms with Gasteiger partial charge in [-0.2, -0.15) is 0 Å². The Balaban J connectivity index is 3.79. The maximum Gasteiger partial charge on any atom is 0.309 e. The Kier molecular flexibility index (Phi) is 22.8. The maximum atomic E-state index is 12.4. The molecule has 184 valence electrons. The molecule has 31 heavy (non-hydrogen) atoms. The van der Waals surface area contributed by atoms with Crippen molar-refractivity contribution in [2.75, 3.05) is 13.2 Å². The molecule has 0 saturated heterocycles. The fraction of sp³-hybridized carbons (Fsp3) is 0.926. The number of ether oxygens (including phenoxy) is 2. The van der Waals surface area contributed by atoms with E-state index in [1.54, 1.807) is 0 Å². The summed E-state index contributed by atoms with van der Waals surface area (Å²) in [5.41, 5.74) is 0. The van der Waals surface area contributed by atoms with Gasteiger partial charge in [0.2, 0.25) is 0 Å². The van der Waals surface area contributed by atoms with Gasteiger partial charge in [0.1, 0.15) is 0 Å². The smallest absolute Gasteiger partial charge is 0.309 e. The first kappa shape index (κ1) is 29.9. The predicted octanol–water partition coefficient (Wildman–Crippen LogP) is 8.16. The zero-order valence-corrected chi connectivity index (χ0v) is 21.1. The van der Waals surface area contributed by atoms with E-state index in [1.807, 2.05) is 6.92 Å². The average Bonchev–Trinajstić information content (AvgIpc) is 2.76. The van der Waals surface area contributed by atoms with Crippen molar-refractivity contribution in [1.82, 2.24) is 0 Å². The maximum absolute atomic E-state index is 12.4. The minimum atomic E-state index is -0.356. The van der Waals surface area contributed by atoms with Crippen LogP contribution in [0.4, 0.5) is 0 Å². The van der Waals surface area contributed by atoms with Gasteiger partial charge in [-0.15, -0.1) is 0 Å². The molecule has 0 aliphatic rings. The highest BCUT2D eigenvalue weighted by atomic mass is 16.5. The van der Waals surface area contributed by atoms with Gasteiger partial charge in [-0.25, -0.2) is 0 Å². The molecule has 0 spiro atoms. The van der Waals surface area contributed by atoms with Crippen LogP contribution < -0.4 is 0 Å². The largest absolute Gasteiger partial charge is 0.466 e. The van der Waals surface area contributed by atoms with Gasteiger partial charge in [-0.3, -0.25) is 9.59 Å². The van der Waals surface area contributed by atoms with E-state index in [9.17, 15) is 9.59 Å². The van der Waals surface area contributed by atoms with Gasteiger partial charge in [-0.1, -0.05) is 117 Å². The number of carbonyl (C=O) groups is 2. The Morgan fingerprint density at radius 1 is 0.548 bits per heavy atom. The molecule has 0 aromatic carbocycles. The highest BCUT2D eigenvalue weighted by Gasteiger charge is 2.23. The second kappa shape index (κ2) is 23.6. The van der Waals surface area contributed by atoms with Crippen LogP contribution >= 0.6 is 0 Å². The van der Waals surface area contributed by atoms with E-state index in [0.29, 0.717) is 19.6 Å². The highest BCUT2D eigenvalue weighted by molar-refractivity contribution is 5.79. The number of unbranched alkanes of at least 4 members (excludes halogenated alkanes) is 14. The first-order chi connectivity index (χ1) is 15.2. The van der Waals surface area contributed by atoms with E-state index in [1.165, 1.54) is 77.0 Å². The molecular formula is C27H52O4. The first-order valence-electron chi connectivity index (χ1n) is 13.5. The van der Waals surface area contributed by atoms with Crippen LogP contribution in [0, 0.1) is 5.92 Å². The molecule has 0 aromatic heterocycles. The lowest BCUT2D eigenvalue weighted by Crippen LogP contribution is -2.22. The Morgan fingerprint density at radius 3 is 1.42 bits per heavy atom. The number of carbonyl (C=O) groups excluding carboxylic acids is 2. The summed E-state index contributed by atoms with van der Waals surface area (Å²) in [7, 11) is 0. The lowest BCUT2D eigenvalue weighted by molar-refractivity contribution is -0.155.